The molecule has 0 aromatic carbocycles. The minimum absolute atomic E-state index is 0.160. The van der Waals surface area contributed by atoms with Crippen LogP contribution in [0.2, 0.25) is 0 Å². The van der Waals surface area contributed by atoms with Crippen LogP contribution in [0.4, 0.5) is 0 Å². The van der Waals surface area contributed by atoms with Crippen LogP contribution in [0.3, 0.4) is 0 Å². The third kappa shape index (κ3) is 4.15. The first-order chi connectivity index (χ1) is 9.49. The summed E-state index contributed by atoms with van der Waals surface area (Å²) >= 11 is 1.66. The number of nitrogens with zero attached hydrogens (tertiary/aromatic N) is 2. The summed E-state index contributed by atoms with van der Waals surface area (Å²) in [5.41, 5.74) is 1.44. The Morgan fingerprint density at radius 1 is 1.30 bits per heavy atom. The van der Waals surface area contributed by atoms with Gasteiger partial charge in [0, 0.05) is 12.0 Å². The van der Waals surface area contributed by atoms with Gasteiger partial charge in [-0.25, -0.2) is 0 Å². The molecule has 0 saturated heterocycles. The summed E-state index contributed by atoms with van der Waals surface area (Å²) < 4.78 is 5.76. The maximum atomic E-state index is 5.76. The van der Waals surface area contributed by atoms with Gasteiger partial charge in [-0.3, -0.25) is 0 Å². The first kappa shape index (κ1) is 15.2. The zero-order valence-electron chi connectivity index (χ0n) is 12.7. The summed E-state index contributed by atoms with van der Waals surface area (Å²) in [5, 5.41) is 13.8. The molecule has 4 nitrogen and oxygen atoms in total. The number of hydrogen-bond donors (Lipinski definition) is 1. The van der Waals surface area contributed by atoms with E-state index in [1.54, 1.807) is 11.3 Å². The monoisotopic (exact) mass is 293 g/mol. The van der Waals surface area contributed by atoms with E-state index in [4.69, 9.17) is 4.42 Å². The van der Waals surface area contributed by atoms with Crippen molar-refractivity contribution in [2.24, 2.45) is 0 Å². The van der Waals surface area contributed by atoms with Crippen LogP contribution in [-0.2, 0) is 12.8 Å². The van der Waals surface area contributed by atoms with Gasteiger partial charge in [0.1, 0.15) is 0 Å². The molecule has 0 radical (unpaired) electrons. The molecule has 1 N–H and O–H groups in total. The molecule has 2 aromatic rings. The zero-order valence-corrected chi connectivity index (χ0v) is 13.5. The van der Waals surface area contributed by atoms with E-state index in [-0.39, 0.29) is 5.54 Å². The molecular formula is C15H23N3OS. The van der Waals surface area contributed by atoms with E-state index in [9.17, 15) is 0 Å². The predicted molar refractivity (Wildman–Crippen MR) is 83.1 cm³/mol. The fourth-order valence-corrected chi connectivity index (χ4v) is 2.87. The first-order valence-electron chi connectivity index (χ1n) is 7.14. The Kier molecular flexibility index (Phi) is 4.94. The van der Waals surface area contributed by atoms with Crippen molar-refractivity contribution in [3.63, 3.8) is 0 Å². The molecule has 2 aromatic heterocycles. The van der Waals surface area contributed by atoms with E-state index < -0.39 is 0 Å². The summed E-state index contributed by atoms with van der Waals surface area (Å²) in [7, 11) is 0. The molecule has 0 unspecified atom stereocenters. The van der Waals surface area contributed by atoms with Crippen molar-refractivity contribution in [1.29, 1.82) is 0 Å². The number of nitrogens with one attached hydrogen (secondary N) is 1. The van der Waals surface area contributed by atoms with E-state index in [1.165, 1.54) is 5.56 Å². The molecule has 110 valence electrons. The van der Waals surface area contributed by atoms with Crippen LogP contribution in [-0.4, -0.2) is 22.3 Å². The highest BCUT2D eigenvalue weighted by Crippen LogP contribution is 2.28. The molecule has 0 bridgehead atoms. The lowest BCUT2D eigenvalue weighted by atomic mass is 10.1. The SMILES string of the molecule is CCc1ccsc1-c1nnc(CCCNC(C)(C)C)o1. The lowest BCUT2D eigenvalue weighted by Gasteiger charge is -2.19. The Bertz CT molecular complexity index is 539. The highest BCUT2D eigenvalue weighted by atomic mass is 32.1. The van der Waals surface area contributed by atoms with Crippen molar-refractivity contribution >= 4 is 11.3 Å². The van der Waals surface area contributed by atoms with Gasteiger partial charge < -0.3 is 9.73 Å². The van der Waals surface area contributed by atoms with Gasteiger partial charge in [0.15, 0.2) is 0 Å². The molecule has 20 heavy (non-hydrogen) atoms. The van der Waals surface area contributed by atoms with E-state index in [2.05, 4.69) is 54.7 Å². The Hall–Kier alpha value is -1.20. The van der Waals surface area contributed by atoms with Crippen molar-refractivity contribution < 1.29 is 4.42 Å². The van der Waals surface area contributed by atoms with E-state index >= 15 is 0 Å². The Morgan fingerprint density at radius 2 is 2.10 bits per heavy atom. The number of aryl methyl sites for hydroxylation is 2. The van der Waals surface area contributed by atoms with E-state index in [0.717, 1.165) is 36.6 Å². The normalized spacial score (nSPS) is 12.0. The molecule has 2 rings (SSSR count). The highest BCUT2D eigenvalue weighted by Gasteiger charge is 2.13. The van der Waals surface area contributed by atoms with Crippen molar-refractivity contribution in [1.82, 2.24) is 15.5 Å². The molecule has 0 aliphatic carbocycles. The van der Waals surface area contributed by atoms with Gasteiger partial charge in [-0.1, -0.05) is 6.92 Å². The van der Waals surface area contributed by atoms with Gasteiger partial charge in [-0.05, 0) is 57.2 Å². The summed E-state index contributed by atoms with van der Waals surface area (Å²) in [5.74, 6) is 1.39. The standard InChI is InChI=1S/C15H23N3OS/c1-5-11-8-10-20-13(11)14-18-17-12(19-14)7-6-9-16-15(2,3)4/h8,10,16H,5-7,9H2,1-4H3. The quantitative estimate of drug-likeness (QED) is 0.825. The van der Waals surface area contributed by atoms with Crippen LogP contribution in [0, 0.1) is 0 Å². The topological polar surface area (TPSA) is 51.0 Å². The molecule has 0 saturated carbocycles. The maximum Gasteiger partial charge on any atom is 0.258 e. The molecule has 0 fully saturated rings. The summed E-state index contributed by atoms with van der Waals surface area (Å²) in [6.45, 7) is 9.60. The molecular weight excluding hydrogens is 270 g/mol. The summed E-state index contributed by atoms with van der Waals surface area (Å²) in [6.07, 6.45) is 2.82. The summed E-state index contributed by atoms with van der Waals surface area (Å²) in [6, 6.07) is 2.12. The van der Waals surface area contributed by atoms with Crippen LogP contribution in [0.25, 0.3) is 10.8 Å². The lowest BCUT2D eigenvalue weighted by molar-refractivity contribution is 0.413. The number of thiophene rings is 1. The van der Waals surface area contributed by atoms with Gasteiger partial charge >= 0.3 is 0 Å². The smallest absolute Gasteiger partial charge is 0.258 e. The second-order valence-corrected chi connectivity index (χ2v) is 6.83. The van der Waals surface area contributed by atoms with E-state index in [0.29, 0.717) is 5.89 Å². The average Bonchev–Trinajstić information content (AvgIpc) is 3.01. The molecule has 5 heteroatoms. The Morgan fingerprint density at radius 3 is 2.80 bits per heavy atom. The lowest BCUT2D eigenvalue weighted by Crippen LogP contribution is -2.36. The molecule has 0 atom stereocenters. The van der Waals surface area contributed by atoms with Gasteiger partial charge in [0.05, 0.1) is 4.88 Å². The van der Waals surface area contributed by atoms with Crippen molar-refractivity contribution in [3.05, 3.63) is 22.9 Å². The van der Waals surface area contributed by atoms with Gasteiger partial charge in [0.2, 0.25) is 5.89 Å². The predicted octanol–water partition coefficient (Wildman–Crippen LogP) is 3.68. The van der Waals surface area contributed by atoms with Gasteiger partial charge in [0.25, 0.3) is 5.89 Å². The van der Waals surface area contributed by atoms with Crippen molar-refractivity contribution in [3.8, 4) is 10.8 Å². The maximum absolute atomic E-state index is 5.76. The molecule has 0 aliphatic rings. The van der Waals surface area contributed by atoms with Gasteiger partial charge in [-0.15, -0.1) is 21.5 Å². The van der Waals surface area contributed by atoms with Crippen LogP contribution in [0.15, 0.2) is 15.9 Å². The van der Waals surface area contributed by atoms with Crippen LogP contribution >= 0.6 is 11.3 Å². The third-order valence-electron chi connectivity index (χ3n) is 3.01. The molecule has 0 aliphatic heterocycles. The largest absolute Gasteiger partial charge is 0.420 e. The highest BCUT2D eigenvalue weighted by molar-refractivity contribution is 7.13. The molecule has 2 heterocycles. The molecule has 0 spiro atoms. The fourth-order valence-electron chi connectivity index (χ4n) is 1.95. The average molecular weight is 293 g/mol. The third-order valence-corrected chi connectivity index (χ3v) is 3.96. The van der Waals surface area contributed by atoms with Crippen LogP contribution in [0.1, 0.15) is 45.6 Å². The van der Waals surface area contributed by atoms with Gasteiger partial charge in [-0.2, -0.15) is 0 Å². The van der Waals surface area contributed by atoms with E-state index in [1.807, 2.05) is 0 Å². The Balaban J connectivity index is 1.90. The minimum atomic E-state index is 0.160. The van der Waals surface area contributed by atoms with Crippen molar-refractivity contribution in [2.75, 3.05) is 6.54 Å². The van der Waals surface area contributed by atoms with Crippen molar-refractivity contribution in [2.45, 2.75) is 52.5 Å². The second kappa shape index (κ2) is 6.50. The first-order valence-corrected chi connectivity index (χ1v) is 8.01. The molecule has 0 amide bonds. The van der Waals surface area contributed by atoms with Crippen LogP contribution < -0.4 is 5.32 Å². The number of aromatic nitrogens is 2. The zero-order chi connectivity index (χ0) is 14.6. The van der Waals surface area contributed by atoms with Crippen LogP contribution in [0.5, 0.6) is 0 Å². The Labute approximate surface area is 124 Å². The fraction of sp³-hybridized carbons (Fsp3) is 0.600. The number of rotatable bonds is 6. The number of hydrogen-bond acceptors (Lipinski definition) is 5. The second-order valence-electron chi connectivity index (χ2n) is 5.91. The summed E-state index contributed by atoms with van der Waals surface area (Å²) in [4.78, 5) is 1.11. The minimum Gasteiger partial charge on any atom is -0.420 e.